The van der Waals surface area contributed by atoms with Crippen molar-refractivity contribution in [1.29, 1.82) is 0 Å². The van der Waals surface area contributed by atoms with Crippen LogP contribution in [-0.4, -0.2) is 18.0 Å². The molecule has 0 saturated carbocycles. The van der Waals surface area contributed by atoms with Crippen molar-refractivity contribution in [2.75, 3.05) is 13.1 Å². The molecule has 3 atom stereocenters. The van der Waals surface area contributed by atoms with Crippen LogP contribution >= 0.6 is 11.3 Å². The third-order valence-electron chi connectivity index (χ3n) is 4.61. The monoisotopic (exact) mass is 257 g/mol. The van der Waals surface area contributed by atoms with E-state index in [-0.39, 0.29) is 0 Å². The molecule has 1 nitrogen and oxygen atoms in total. The molecule has 1 aromatic carbocycles. The van der Waals surface area contributed by atoms with Gasteiger partial charge in [0.2, 0.25) is 0 Å². The second kappa shape index (κ2) is 4.36. The van der Waals surface area contributed by atoms with Crippen molar-refractivity contribution in [2.45, 2.75) is 31.7 Å². The van der Waals surface area contributed by atoms with Gasteiger partial charge in [-0.3, -0.25) is 4.90 Å². The van der Waals surface area contributed by atoms with Gasteiger partial charge < -0.3 is 0 Å². The highest BCUT2D eigenvalue weighted by Gasteiger charge is 2.32. The molecular formula is C16H19NS. The fourth-order valence-corrected chi connectivity index (χ4v) is 4.92. The molecule has 2 aliphatic heterocycles. The van der Waals surface area contributed by atoms with E-state index < -0.39 is 0 Å². The molecule has 0 aliphatic carbocycles. The largest absolute Gasteiger partial charge is 0.295 e. The number of nitrogens with zero attached hydrogens (tertiary/aromatic N) is 1. The molecule has 2 aliphatic rings. The number of thiophene rings is 1. The maximum atomic E-state index is 2.74. The number of hydrogen-bond acceptors (Lipinski definition) is 2. The molecule has 0 amide bonds. The van der Waals surface area contributed by atoms with Gasteiger partial charge in [0, 0.05) is 22.2 Å². The molecule has 4 rings (SSSR count). The molecule has 2 fully saturated rings. The lowest BCUT2D eigenvalue weighted by molar-refractivity contribution is 0.0689. The Morgan fingerprint density at radius 1 is 1.11 bits per heavy atom. The molecule has 0 spiro atoms. The summed E-state index contributed by atoms with van der Waals surface area (Å²) in [5, 5.41) is 1.43. The van der Waals surface area contributed by atoms with Crippen LogP contribution in [0.25, 0.3) is 10.1 Å². The van der Waals surface area contributed by atoms with Gasteiger partial charge in [-0.15, -0.1) is 11.3 Å². The molecule has 2 saturated heterocycles. The minimum Gasteiger partial charge on any atom is -0.295 e. The number of benzene rings is 1. The molecule has 0 radical (unpaired) electrons. The van der Waals surface area contributed by atoms with Gasteiger partial charge in [0.1, 0.15) is 0 Å². The Hall–Kier alpha value is -0.860. The minimum absolute atomic E-state index is 0.707. The Labute approximate surface area is 112 Å². The van der Waals surface area contributed by atoms with Gasteiger partial charge in [0.15, 0.2) is 0 Å². The van der Waals surface area contributed by atoms with Gasteiger partial charge in [-0.05, 0) is 55.7 Å². The minimum atomic E-state index is 0.707. The van der Waals surface area contributed by atoms with E-state index in [2.05, 4.69) is 35.2 Å². The summed E-state index contributed by atoms with van der Waals surface area (Å²) in [7, 11) is 0. The van der Waals surface area contributed by atoms with E-state index in [4.69, 9.17) is 0 Å². The topological polar surface area (TPSA) is 3.24 Å². The summed E-state index contributed by atoms with van der Waals surface area (Å²) in [5.41, 5.74) is 0. The average Bonchev–Trinajstić information content (AvgIpc) is 2.82. The van der Waals surface area contributed by atoms with Crippen molar-refractivity contribution in [3.63, 3.8) is 0 Å². The maximum Gasteiger partial charge on any atom is 0.0442 e. The summed E-state index contributed by atoms with van der Waals surface area (Å²) in [6.07, 6.45) is 5.69. The lowest BCUT2D eigenvalue weighted by Gasteiger charge is -2.43. The van der Waals surface area contributed by atoms with Gasteiger partial charge in [0.05, 0.1) is 0 Å². The quantitative estimate of drug-likeness (QED) is 0.729. The van der Waals surface area contributed by atoms with Crippen molar-refractivity contribution >= 4 is 21.4 Å². The first-order chi connectivity index (χ1) is 8.90. The van der Waals surface area contributed by atoms with E-state index >= 15 is 0 Å². The molecule has 2 bridgehead atoms. The fourth-order valence-electron chi connectivity index (χ4n) is 3.68. The van der Waals surface area contributed by atoms with Crippen LogP contribution in [0.1, 0.15) is 36.6 Å². The average molecular weight is 257 g/mol. The lowest BCUT2D eigenvalue weighted by Crippen LogP contribution is -2.42. The normalized spacial score (nSPS) is 31.7. The lowest BCUT2D eigenvalue weighted by atomic mass is 9.85. The molecule has 94 valence electrons. The molecule has 1 aromatic heterocycles. The van der Waals surface area contributed by atoms with E-state index in [1.807, 2.05) is 11.3 Å². The standard InChI is InChI=1S/C16H19NS/c1-2-6-15-13(5-1)10-16(18-15)14-8-7-12-4-3-9-17(14)11-12/h1-2,5-6,10,12,14H,3-4,7-9,11H2. The van der Waals surface area contributed by atoms with Crippen LogP contribution in [0.5, 0.6) is 0 Å². The zero-order valence-electron chi connectivity index (χ0n) is 10.6. The number of hydrogen-bond donors (Lipinski definition) is 0. The summed E-state index contributed by atoms with van der Waals surface area (Å²) >= 11 is 2.01. The Balaban J connectivity index is 1.69. The first kappa shape index (κ1) is 11.0. The van der Waals surface area contributed by atoms with Crippen LogP contribution in [0.2, 0.25) is 0 Å². The summed E-state index contributed by atoms with van der Waals surface area (Å²) in [5.74, 6) is 0.990. The van der Waals surface area contributed by atoms with Gasteiger partial charge in [-0.2, -0.15) is 0 Å². The van der Waals surface area contributed by atoms with E-state index in [0.717, 1.165) is 5.92 Å². The number of fused-ring (bicyclic) bond motifs is 3. The smallest absolute Gasteiger partial charge is 0.0442 e. The first-order valence-electron chi connectivity index (χ1n) is 7.13. The van der Waals surface area contributed by atoms with E-state index in [0.29, 0.717) is 6.04 Å². The van der Waals surface area contributed by atoms with E-state index in [9.17, 15) is 0 Å². The Bertz CT molecular complexity index is 526. The van der Waals surface area contributed by atoms with Crippen LogP contribution < -0.4 is 0 Å². The van der Waals surface area contributed by atoms with Crippen molar-refractivity contribution in [3.8, 4) is 0 Å². The molecule has 2 aromatic rings. The first-order valence-corrected chi connectivity index (χ1v) is 7.94. The molecule has 2 heteroatoms. The highest BCUT2D eigenvalue weighted by atomic mass is 32.1. The number of rotatable bonds is 1. The van der Waals surface area contributed by atoms with Crippen LogP contribution in [0, 0.1) is 5.92 Å². The third kappa shape index (κ3) is 1.79. The zero-order chi connectivity index (χ0) is 11.9. The predicted octanol–water partition coefficient (Wildman–Crippen LogP) is 4.45. The van der Waals surface area contributed by atoms with E-state index in [1.54, 1.807) is 4.88 Å². The SMILES string of the molecule is c1ccc2sc(C3CCC4CCCN3C4)cc2c1. The molecule has 3 unspecified atom stereocenters. The Morgan fingerprint density at radius 3 is 3.00 bits per heavy atom. The zero-order valence-corrected chi connectivity index (χ0v) is 11.5. The Kier molecular flexibility index (Phi) is 2.66. The molecule has 18 heavy (non-hydrogen) atoms. The van der Waals surface area contributed by atoms with Gasteiger partial charge in [-0.25, -0.2) is 0 Å². The summed E-state index contributed by atoms with van der Waals surface area (Å²) in [6.45, 7) is 2.66. The van der Waals surface area contributed by atoms with Gasteiger partial charge in [-0.1, -0.05) is 18.2 Å². The molecule has 3 heterocycles. The second-order valence-corrected chi connectivity index (χ2v) is 6.90. The molecular weight excluding hydrogens is 238 g/mol. The third-order valence-corrected chi connectivity index (χ3v) is 5.83. The molecule has 0 N–H and O–H groups in total. The van der Waals surface area contributed by atoms with Crippen LogP contribution in [0.3, 0.4) is 0 Å². The van der Waals surface area contributed by atoms with Crippen LogP contribution in [-0.2, 0) is 0 Å². The fraction of sp³-hybridized carbons (Fsp3) is 0.500. The highest BCUT2D eigenvalue weighted by Crippen LogP contribution is 2.41. The second-order valence-electron chi connectivity index (χ2n) is 5.78. The summed E-state index contributed by atoms with van der Waals surface area (Å²) in [4.78, 5) is 4.33. The highest BCUT2D eigenvalue weighted by molar-refractivity contribution is 7.19. The van der Waals surface area contributed by atoms with Gasteiger partial charge >= 0.3 is 0 Å². The van der Waals surface area contributed by atoms with Crippen LogP contribution in [0.15, 0.2) is 30.3 Å². The van der Waals surface area contributed by atoms with Crippen molar-refractivity contribution in [2.24, 2.45) is 5.92 Å². The van der Waals surface area contributed by atoms with Gasteiger partial charge in [0.25, 0.3) is 0 Å². The van der Waals surface area contributed by atoms with E-state index in [1.165, 1.54) is 48.9 Å². The maximum absolute atomic E-state index is 2.74. The summed E-state index contributed by atoms with van der Waals surface area (Å²) in [6, 6.07) is 11.9. The summed E-state index contributed by atoms with van der Waals surface area (Å²) < 4.78 is 1.45. The Morgan fingerprint density at radius 2 is 2.06 bits per heavy atom. The number of piperidine rings is 2. The van der Waals surface area contributed by atoms with Crippen molar-refractivity contribution in [1.82, 2.24) is 4.90 Å². The predicted molar refractivity (Wildman–Crippen MR) is 78.1 cm³/mol. The van der Waals surface area contributed by atoms with Crippen molar-refractivity contribution in [3.05, 3.63) is 35.2 Å². The van der Waals surface area contributed by atoms with Crippen molar-refractivity contribution < 1.29 is 0 Å². The van der Waals surface area contributed by atoms with Crippen LogP contribution in [0.4, 0.5) is 0 Å².